The second-order valence-electron chi connectivity index (χ2n) is 4.39. The number of carbonyl (C=O) groups excluding carboxylic acids is 1. The van der Waals surface area contributed by atoms with Crippen LogP contribution in [0.5, 0.6) is 17.2 Å². The van der Waals surface area contributed by atoms with Crippen LogP contribution in [-0.2, 0) is 0 Å². The molecule has 0 unspecified atom stereocenters. The van der Waals surface area contributed by atoms with E-state index in [1.807, 2.05) is 0 Å². The highest BCUT2D eigenvalue weighted by molar-refractivity contribution is 6.06. The molecule has 0 amide bonds. The van der Waals surface area contributed by atoms with Gasteiger partial charge in [0, 0.05) is 11.6 Å². The Hall–Kier alpha value is -2.82. The van der Waals surface area contributed by atoms with Crippen LogP contribution in [0.4, 0.5) is 0 Å². The number of rotatable bonds is 6. The third kappa shape index (κ3) is 3.63. The van der Waals surface area contributed by atoms with Gasteiger partial charge in [0.2, 0.25) is 0 Å². The highest BCUT2D eigenvalue weighted by atomic mass is 16.5. The number of benzene rings is 1. The van der Waals surface area contributed by atoms with E-state index in [2.05, 4.69) is 4.98 Å². The number of carbonyl (C=O) groups is 1. The first-order valence-electron chi connectivity index (χ1n) is 6.62. The molecule has 2 aromatic rings. The number of hydrogen-bond donors (Lipinski definition) is 0. The van der Waals surface area contributed by atoms with Crippen molar-refractivity contribution in [1.82, 2.24) is 4.98 Å². The summed E-state index contributed by atoms with van der Waals surface area (Å²) in [7, 11) is 4.68. The number of nitrogens with zero attached hydrogens (tertiary/aromatic N) is 1. The van der Waals surface area contributed by atoms with Crippen LogP contribution in [0.2, 0.25) is 0 Å². The molecule has 1 aromatic heterocycles. The smallest absolute Gasteiger partial charge is 0.185 e. The maximum absolute atomic E-state index is 12.1. The summed E-state index contributed by atoms with van der Waals surface area (Å²) in [6.45, 7) is 0. The Kier molecular flexibility index (Phi) is 5.14. The van der Waals surface area contributed by atoms with Crippen LogP contribution >= 0.6 is 0 Å². The van der Waals surface area contributed by atoms with Gasteiger partial charge < -0.3 is 14.2 Å². The van der Waals surface area contributed by atoms with Crippen molar-refractivity contribution in [2.75, 3.05) is 21.3 Å². The van der Waals surface area contributed by atoms with E-state index >= 15 is 0 Å². The van der Waals surface area contributed by atoms with Crippen LogP contribution in [0.25, 0.3) is 6.08 Å². The van der Waals surface area contributed by atoms with Gasteiger partial charge in [-0.05, 0) is 36.4 Å². The summed E-state index contributed by atoms with van der Waals surface area (Å²) >= 11 is 0. The van der Waals surface area contributed by atoms with Gasteiger partial charge in [-0.15, -0.1) is 0 Å². The minimum absolute atomic E-state index is 0.112. The van der Waals surface area contributed by atoms with Gasteiger partial charge in [0.1, 0.15) is 5.75 Å². The lowest BCUT2D eigenvalue weighted by molar-refractivity contribution is 0.104. The highest BCUT2D eigenvalue weighted by Crippen LogP contribution is 2.26. The number of pyridine rings is 1. The number of ether oxygens (including phenoxy) is 3. The van der Waals surface area contributed by atoms with Crippen molar-refractivity contribution in [1.29, 1.82) is 0 Å². The van der Waals surface area contributed by atoms with Crippen LogP contribution < -0.4 is 14.2 Å². The average molecular weight is 299 g/mol. The summed E-state index contributed by atoms with van der Waals surface area (Å²) < 4.78 is 15.4. The standard InChI is InChI=1S/C17H17NO4/c1-20-14-7-4-12(5-8-14)15(19)9-6-13-10-16(21-2)17(22-3)11-18-13/h4-11H,1-3H3. The summed E-state index contributed by atoms with van der Waals surface area (Å²) in [5, 5.41) is 0. The maximum Gasteiger partial charge on any atom is 0.185 e. The molecule has 0 fully saturated rings. The molecule has 1 heterocycles. The second-order valence-corrected chi connectivity index (χ2v) is 4.39. The molecule has 0 bridgehead atoms. The minimum Gasteiger partial charge on any atom is -0.497 e. The Morgan fingerprint density at radius 2 is 1.68 bits per heavy atom. The third-order valence-corrected chi connectivity index (χ3v) is 3.07. The topological polar surface area (TPSA) is 57.7 Å². The Morgan fingerprint density at radius 1 is 1.00 bits per heavy atom. The van der Waals surface area contributed by atoms with Crippen LogP contribution in [-0.4, -0.2) is 32.1 Å². The molecule has 0 aliphatic carbocycles. The highest BCUT2D eigenvalue weighted by Gasteiger charge is 2.05. The van der Waals surface area contributed by atoms with E-state index in [0.29, 0.717) is 28.5 Å². The number of hydrogen-bond acceptors (Lipinski definition) is 5. The molecule has 2 rings (SSSR count). The molecule has 1 aromatic carbocycles. The number of allylic oxidation sites excluding steroid dienone is 1. The molecular formula is C17H17NO4. The summed E-state index contributed by atoms with van der Waals surface area (Å²) in [5.74, 6) is 1.71. The maximum atomic E-state index is 12.1. The van der Waals surface area contributed by atoms with Crippen molar-refractivity contribution in [3.8, 4) is 17.2 Å². The largest absolute Gasteiger partial charge is 0.497 e. The molecule has 0 N–H and O–H groups in total. The van der Waals surface area contributed by atoms with Crippen LogP contribution in [0.1, 0.15) is 16.1 Å². The fraction of sp³-hybridized carbons (Fsp3) is 0.176. The van der Waals surface area contributed by atoms with Crippen molar-refractivity contribution in [3.63, 3.8) is 0 Å². The second kappa shape index (κ2) is 7.26. The fourth-order valence-corrected chi connectivity index (χ4v) is 1.86. The van der Waals surface area contributed by atoms with E-state index in [1.165, 1.54) is 6.08 Å². The lowest BCUT2D eigenvalue weighted by Crippen LogP contribution is -1.95. The molecule has 5 nitrogen and oxygen atoms in total. The van der Waals surface area contributed by atoms with Crippen molar-refractivity contribution < 1.29 is 19.0 Å². The van der Waals surface area contributed by atoms with Gasteiger partial charge >= 0.3 is 0 Å². The number of methoxy groups -OCH3 is 3. The SMILES string of the molecule is COc1ccc(C(=O)C=Cc2cc(OC)c(OC)cn2)cc1. The Morgan fingerprint density at radius 3 is 2.27 bits per heavy atom. The molecule has 5 heteroatoms. The molecule has 0 saturated heterocycles. The first kappa shape index (κ1) is 15.6. The molecule has 0 spiro atoms. The molecule has 22 heavy (non-hydrogen) atoms. The van der Waals surface area contributed by atoms with E-state index in [1.54, 1.807) is 63.9 Å². The predicted octanol–water partition coefficient (Wildman–Crippen LogP) is 3.00. The minimum atomic E-state index is -0.112. The zero-order valence-corrected chi connectivity index (χ0v) is 12.7. The monoisotopic (exact) mass is 299 g/mol. The van der Waals surface area contributed by atoms with Crippen molar-refractivity contribution >= 4 is 11.9 Å². The van der Waals surface area contributed by atoms with Gasteiger partial charge in [-0.25, -0.2) is 0 Å². The van der Waals surface area contributed by atoms with Gasteiger partial charge in [-0.3, -0.25) is 9.78 Å². The van der Waals surface area contributed by atoms with Crippen molar-refractivity contribution in [2.45, 2.75) is 0 Å². The Balaban J connectivity index is 2.14. The molecule has 0 radical (unpaired) electrons. The predicted molar refractivity (Wildman–Crippen MR) is 83.7 cm³/mol. The van der Waals surface area contributed by atoms with Gasteiger partial charge in [-0.1, -0.05) is 0 Å². The van der Waals surface area contributed by atoms with Crippen molar-refractivity contribution in [3.05, 3.63) is 53.9 Å². The fourth-order valence-electron chi connectivity index (χ4n) is 1.86. The summed E-state index contributed by atoms with van der Waals surface area (Å²) in [5.41, 5.74) is 1.19. The molecule has 0 saturated carbocycles. The average Bonchev–Trinajstić information content (AvgIpc) is 2.59. The first-order chi connectivity index (χ1) is 10.7. The van der Waals surface area contributed by atoms with E-state index < -0.39 is 0 Å². The normalized spacial score (nSPS) is 10.5. The summed E-state index contributed by atoms with van der Waals surface area (Å²) in [4.78, 5) is 16.3. The van der Waals surface area contributed by atoms with Gasteiger partial charge in [0.25, 0.3) is 0 Å². The lowest BCUT2D eigenvalue weighted by Gasteiger charge is -2.06. The Bertz CT molecular complexity index is 678. The number of ketones is 1. The zero-order valence-electron chi connectivity index (χ0n) is 12.7. The summed E-state index contributed by atoms with van der Waals surface area (Å²) in [6.07, 6.45) is 4.65. The van der Waals surface area contributed by atoms with Crippen LogP contribution in [0.15, 0.2) is 42.6 Å². The van der Waals surface area contributed by atoms with Gasteiger partial charge in [-0.2, -0.15) is 0 Å². The van der Waals surface area contributed by atoms with Crippen LogP contribution in [0, 0.1) is 0 Å². The third-order valence-electron chi connectivity index (χ3n) is 3.07. The quantitative estimate of drug-likeness (QED) is 0.606. The Labute approximate surface area is 129 Å². The molecule has 0 aliphatic rings. The molecule has 0 atom stereocenters. The summed E-state index contributed by atoms with van der Waals surface area (Å²) in [6, 6.07) is 8.63. The molecule has 0 aliphatic heterocycles. The van der Waals surface area contributed by atoms with E-state index in [-0.39, 0.29) is 5.78 Å². The lowest BCUT2D eigenvalue weighted by atomic mass is 10.1. The van der Waals surface area contributed by atoms with Crippen LogP contribution in [0.3, 0.4) is 0 Å². The number of aromatic nitrogens is 1. The van der Waals surface area contributed by atoms with Crippen molar-refractivity contribution in [2.24, 2.45) is 0 Å². The van der Waals surface area contributed by atoms with Gasteiger partial charge in [0.15, 0.2) is 17.3 Å². The molecular weight excluding hydrogens is 282 g/mol. The van der Waals surface area contributed by atoms with E-state index in [0.717, 1.165) is 0 Å². The zero-order chi connectivity index (χ0) is 15.9. The van der Waals surface area contributed by atoms with E-state index in [4.69, 9.17) is 14.2 Å². The van der Waals surface area contributed by atoms with E-state index in [9.17, 15) is 4.79 Å². The molecule has 114 valence electrons. The first-order valence-corrected chi connectivity index (χ1v) is 6.62. The van der Waals surface area contributed by atoms with Gasteiger partial charge in [0.05, 0.1) is 33.2 Å².